The van der Waals surface area contributed by atoms with Gasteiger partial charge in [-0.3, -0.25) is 9.59 Å². The molecule has 148 valence electrons. The number of hydrogen-bond donors (Lipinski definition) is 2. The maximum absolute atomic E-state index is 12.2. The molecule has 0 unspecified atom stereocenters. The molecular weight excluding hydrogens is 382 g/mol. The van der Waals surface area contributed by atoms with Gasteiger partial charge in [0.25, 0.3) is 5.91 Å². The van der Waals surface area contributed by atoms with Gasteiger partial charge in [-0.1, -0.05) is 6.07 Å². The minimum Gasteiger partial charge on any atom is -0.478 e. The molecule has 28 heavy (non-hydrogen) atoms. The van der Waals surface area contributed by atoms with Crippen LogP contribution in [0.5, 0.6) is 0 Å². The van der Waals surface area contributed by atoms with Crippen molar-refractivity contribution in [3.63, 3.8) is 0 Å². The summed E-state index contributed by atoms with van der Waals surface area (Å²) in [5, 5.41) is 14.1. The molecule has 0 bridgehead atoms. The second-order valence-electron chi connectivity index (χ2n) is 6.35. The molecule has 2 N–H and O–H groups in total. The topological polar surface area (TPSA) is 109 Å². The lowest BCUT2D eigenvalue weighted by atomic mass is 9.96. The maximum atomic E-state index is 12.2. The Morgan fingerprint density at radius 1 is 1.36 bits per heavy atom. The largest absolute Gasteiger partial charge is 0.478 e. The van der Waals surface area contributed by atoms with E-state index in [1.807, 2.05) is 4.90 Å². The molecular formula is C19H21N3O5S. The number of ether oxygens (including phenoxy) is 1. The van der Waals surface area contributed by atoms with E-state index >= 15 is 0 Å². The Balaban J connectivity index is 1.72. The number of esters is 1. The summed E-state index contributed by atoms with van der Waals surface area (Å²) in [7, 11) is 0. The van der Waals surface area contributed by atoms with Gasteiger partial charge in [-0.25, -0.2) is 9.78 Å². The van der Waals surface area contributed by atoms with Crippen molar-refractivity contribution in [3.8, 4) is 0 Å². The van der Waals surface area contributed by atoms with Crippen LogP contribution in [0.4, 0.5) is 11.5 Å². The van der Waals surface area contributed by atoms with Crippen LogP contribution in [0.2, 0.25) is 0 Å². The minimum atomic E-state index is -1.12. The SMILES string of the molecule is CCOC(=O)C1CCN(c2ncc(NC(=O)c3cccs3)cc2C(=O)O)CC1. The Labute approximate surface area is 166 Å². The van der Waals surface area contributed by atoms with E-state index in [-0.39, 0.29) is 23.4 Å². The summed E-state index contributed by atoms with van der Waals surface area (Å²) < 4.78 is 5.06. The van der Waals surface area contributed by atoms with Crippen molar-refractivity contribution in [1.29, 1.82) is 0 Å². The van der Waals surface area contributed by atoms with Gasteiger partial charge in [0.2, 0.25) is 0 Å². The molecule has 0 saturated carbocycles. The standard InChI is InChI=1S/C19H21N3O5S/c1-2-27-19(26)12-5-7-22(8-6-12)16-14(18(24)25)10-13(11-20-16)21-17(23)15-4-3-9-28-15/h3-4,9-12H,2,5-8H2,1H3,(H,21,23)(H,24,25). The molecule has 2 aromatic rings. The second-order valence-corrected chi connectivity index (χ2v) is 7.29. The van der Waals surface area contributed by atoms with E-state index in [0.717, 1.165) is 0 Å². The van der Waals surface area contributed by atoms with Gasteiger partial charge >= 0.3 is 11.9 Å². The number of carboxylic acids is 1. The summed E-state index contributed by atoms with van der Waals surface area (Å²) >= 11 is 1.30. The number of carbonyl (C=O) groups excluding carboxylic acids is 2. The summed E-state index contributed by atoms with van der Waals surface area (Å²) in [6.45, 7) is 3.15. The van der Waals surface area contributed by atoms with Crippen LogP contribution >= 0.6 is 11.3 Å². The van der Waals surface area contributed by atoms with Crippen LogP contribution < -0.4 is 10.2 Å². The molecule has 1 saturated heterocycles. The van der Waals surface area contributed by atoms with E-state index in [2.05, 4.69) is 10.3 Å². The quantitative estimate of drug-likeness (QED) is 0.714. The molecule has 8 nitrogen and oxygen atoms in total. The number of anilines is 2. The normalized spacial score (nSPS) is 14.5. The maximum Gasteiger partial charge on any atom is 0.339 e. The number of amides is 1. The fourth-order valence-electron chi connectivity index (χ4n) is 3.12. The van der Waals surface area contributed by atoms with Gasteiger partial charge < -0.3 is 20.1 Å². The van der Waals surface area contributed by atoms with Crippen LogP contribution in [0.3, 0.4) is 0 Å². The van der Waals surface area contributed by atoms with Crippen LogP contribution in [0.25, 0.3) is 0 Å². The number of nitrogens with one attached hydrogen (secondary N) is 1. The highest BCUT2D eigenvalue weighted by Crippen LogP contribution is 2.27. The molecule has 3 heterocycles. The number of hydrogen-bond acceptors (Lipinski definition) is 7. The number of carboxylic acid groups (broad SMARTS) is 1. The van der Waals surface area contributed by atoms with Crippen molar-refractivity contribution >= 4 is 40.7 Å². The Kier molecular flexibility index (Phi) is 6.25. The minimum absolute atomic E-state index is 0.0126. The monoisotopic (exact) mass is 403 g/mol. The molecule has 0 spiro atoms. The Morgan fingerprint density at radius 2 is 2.11 bits per heavy atom. The van der Waals surface area contributed by atoms with Crippen molar-refractivity contribution < 1.29 is 24.2 Å². The van der Waals surface area contributed by atoms with E-state index in [0.29, 0.717) is 48.9 Å². The lowest BCUT2D eigenvalue weighted by Crippen LogP contribution is -2.38. The van der Waals surface area contributed by atoms with E-state index in [1.165, 1.54) is 23.6 Å². The zero-order valence-electron chi connectivity index (χ0n) is 15.4. The molecule has 0 radical (unpaired) electrons. The van der Waals surface area contributed by atoms with E-state index < -0.39 is 5.97 Å². The first kappa shape index (κ1) is 19.8. The van der Waals surface area contributed by atoms with Crippen LogP contribution in [0.1, 0.15) is 39.8 Å². The van der Waals surface area contributed by atoms with Crippen molar-refractivity contribution in [3.05, 3.63) is 40.2 Å². The first-order valence-electron chi connectivity index (χ1n) is 8.99. The van der Waals surface area contributed by atoms with Gasteiger partial charge in [0, 0.05) is 13.1 Å². The number of pyridine rings is 1. The van der Waals surface area contributed by atoms with E-state index in [4.69, 9.17) is 4.74 Å². The fourth-order valence-corrected chi connectivity index (χ4v) is 3.74. The predicted octanol–water partition coefficient (Wildman–Crippen LogP) is 2.87. The molecule has 1 aliphatic heterocycles. The van der Waals surface area contributed by atoms with Gasteiger partial charge in [-0.2, -0.15) is 0 Å². The van der Waals surface area contributed by atoms with Crippen molar-refractivity contribution in [2.45, 2.75) is 19.8 Å². The highest BCUT2D eigenvalue weighted by molar-refractivity contribution is 7.12. The van der Waals surface area contributed by atoms with Gasteiger partial charge in [0.1, 0.15) is 11.4 Å². The number of rotatable bonds is 6. The van der Waals surface area contributed by atoms with Crippen LogP contribution in [-0.2, 0) is 9.53 Å². The molecule has 0 aromatic carbocycles. The zero-order chi connectivity index (χ0) is 20.1. The van der Waals surface area contributed by atoms with Gasteiger partial charge in [-0.05, 0) is 37.3 Å². The van der Waals surface area contributed by atoms with Crippen molar-refractivity contribution in [1.82, 2.24) is 4.98 Å². The number of piperidine rings is 1. The Morgan fingerprint density at radius 3 is 2.71 bits per heavy atom. The summed E-state index contributed by atoms with van der Waals surface area (Å²) in [5.74, 6) is -1.48. The van der Waals surface area contributed by atoms with Crippen LogP contribution in [0.15, 0.2) is 29.8 Å². The molecule has 1 amide bonds. The van der Waals surface area contributed by atoms with Gasteiger partial charge in [0.05, 0.1) is 29.3 Å². The highest BCUT2D eigenvalue weighted by Gasteiger charge is 2.28. The molecule has 2 aromatic heterocycles. The Bertz CT molecular complexity index is 860. The van der Waals surface area contributed by atoms with Crippen LogP contribution in [0, 0.1) is 5.92 Å². The smallest absolute Gasteiger partial charge is 0.339 e. The number of nitrogens with zero attached hydrogens (tertiary/aromatic N) is 2. The average molecular weight is 403 g/mol. The van der Waals surface area contributed by atoms with E-state index in [9.17, 15) is 19.5 Å². The Hall–Kier alpha value is -2.94. The summed E-state index contributed by atoms with van der Waals surface area (Å²) in [6.07, 6.45) is 2.61. The number of aromatic carboxylic acids is 1. The molecule has 1 aliphatic rings. The predicted molar refractivity (Wildman–Crippen MR) is 105 cm³/mol. The van der Waals surface area contributed by atoms with E-state index in [1.54, 1.807) is 24.4 Å². The van der Waals surface area contributed by atoms with Crippen molar-refractivity contribution in [2.24, 2.45) is 5.92 Å². The summed E-state index contributed by atoms with van der Waals surface area (Å²) in [6, 6.07) is 4.87. The molecule has 1 fully saturated rings. The van der Waals surface area contributed by atoms with Gasteiger partial charge in [-0.15, -0.1) is 11.3 Å². The summed E-state index contributed by atoms with van der Waals surface area (Å²) in [4.78, 5) is 42.4. The number of aromatic nitrogens is 1. The lowest BCUT2D eigenvalue weighted by Gasteiger charge is -2.32. The molecule has 0 aliphatic carbocycles. The lowest BCUT2D eigenvalue weighted by molar-refractivity contribution is -0.148. The summed E-state index contributed by atoms with van der Waals surface area (Å²) in [5.41, 5.74) is 0.333. The fraction of sp³-hybridized carbons (Fsp3) is 0.368. The second kappa shape index (κ2) is 8.83. The molecule has 9 heteroatoms. The van der Waals surface area contributed by atoms with Gasteiger partial charge in [0.15, 0.2) is 0 Å². The third kappa shape index (κ3) is 4.48. The third-order valence-corrected chi connectivity index (χ3v) is 5.38. The average Bonchev–Trinajstić information content (AvgIpc) is 3.23. The van der Waals surface area contributed by atoms with Crippen molar-refractivity contribution in [2.75, 3.05) is 29.9 Å². The zero-order valence-corrected chi connectivity index (χ0v) is 16.2. The highest BCUT2D eigenvalue weighted by atomic mass is 32.1. The van der Waals surface area contributed by atoms with Crippen LogP contribution in [-0.4, -0.2) is 47.6 Å². The number of carbonyl (C=O) groups is 3. The first-order chi connectivity index (χ1) is 13.5. The number of thiophene rings is 1. The molecule has 3 rings (SSSR count). The molecule has 0 atom stereocenters. The first-order valence-corrected chi connectivity index (χ1v) is 9.87. The third-order valence-electron chi connectivity index (χ3n) is 4.51.